The number of amides is 1. The van der Waals surface area contributed by atoms with Crippen LogP contribution in [0.5, 0.6) is 5.75 Å². The van der Waals surface area contributed by atoms with Crippen LogP contribution in [0.2, 0.25) is 0 Å². The third-order valence-corrected chi connectivity index (χ3v) is 3.03. The van der Waals surface area contributed by atoms with Crippen molar-refractivity contribution in [2.24, 2.45) is 0 Å². The Labute approximate surface area is 105 Å². The fraction of sp³-hybridized carbons (Fsp3) is 0.385. The Morgan fingerprint density at radius 1 is 1.61 bits per heavy atom. The summed E-state index contributed by atoms with van der Waals surface area (Å²) in [5, 5.41) is 8.79. The summed E-state index contributed by atoms with van der Waals surface area (Å²) in [6, 6.07) is 4.43. The average Bonchev–Trinajstić information content (AvgIpc) is 2.49. The summed E-state index contributed by atoms with van der Waals surface area (Å²) in [5.41, 5.74) is 0.545. The van der Waals surface area contributed by atoms with Crippen LogP contribution in [-0.2, 0) is 11.3 Å². The maximum absolute atomic E-state index is 13.9. The molecule has 0 saturated carbocycles. The fourth-order valence-corrected chi connectivity index (χ4v) is 2.01. The first kappa shape index (κ1) is 12.4. The lowest BCUT2D eigenvalue weighted by Gasteiger charge is -2.24. The predicted octanol–water partition coefficient (Wildman–Crippen LogP) is 1.83. The molecule has 5 heteroatoms. The smallest absolute Gasteiger partial charge is 0.220 e. The van der Waals surface area contributed by atoms with Crippen molar-refractivity contribution in [1.29, 1.82) is 5.26 Å². The maximum Gasteiger partial charge on any atom is 0.220 e. The monoisotopic (exact) mass is 248 g/mol. The fourth-order valence-electron chi connectivity index (χ4n) is 2.01. The van der Waals surface area contributed by atoms with E-state index in [4.69, 9.17) is 10.00 Å². The molecule has 0 radical (unpaired) electrons. The molecule has 4 nitrogen and oxygen atoms in total. The highest BCUT2D eigenvalue weighted by atomic mass is 19.1. The van der Waals surface area contributed by atoms with Gasteiger partial charge < -0.3 is 9.64 Å². The van der Waals surface area contributed by atoms with Gasteiger partial charge in [-0.1, -0.05) is 0 Å². The first-order valence-electron chi connectivity index (χ1n) is 5.65. The van der Waals surface area contributed by atoms with E-state index >= 15 is 0 Å². The van der Waals surface area contributed by atoms with Crippen molar-refractivity contribution in [3.8, 4) is 11.8 Å². The molecule has 1 heterocycles. The van der Waals surface area contributed by atoms with Gasteiger partial charge in [0.2, 0.25) is 5.91 Å². The summed E-state index contributed by atoms with van der Waals surface area (Å²) in [6.45, 7) is 3.75. The zero-order chi connectivity index (χ0) is 13.3. The Hall–Kier alpha value is -2.09. The highest BCUT2D eigenvalue weighted by molar-refractivity contribution is 5.73. The lowest BCUT2D eigenvalue weighted by atomic mass is 10.1. The van der Waals surface area contributed by atoms with Crippen molar-refractivity contribution in [2.75, 3.05) is 6.61 Å². The molecule has 0 fully saturated rings. The lowest BCUT2D eigenvalue weighted by molar-refractivity contribution is -0.131. The van der Waals surface area contributed by atoms with Gasteiger partial charge in [-0.2, -0.15) is 5.26 Å². The minimum atomic E-state index is -0.510. The largest absolute Gasteiger partial charge is 0.491 e. The summed E-state index contributed by atoms with van der Waals surface area (Å²) in [5.74, 6) is -0.283. The van der Waals surface area contributed by atoms with Crippen LogP contribution in [0.3, 0.4) is 0 Å². The van der Waals surface area contributed by atoms with Crippen LogP contribution in [-0.4, -0.2) is 23.5 Å². The second-order valence-corrected chi connectivity index (χ2v) is 4.35. The van der Waals surface area contributed by atoms with E-state index in [2.05, 4.69) is 0 Å². The second-order valence-electron chi connectivity index (χ2n) is 4.35. The number of hydrogen-bond acceptors (Lipinski definition) is 3. The van der Waals surface area contributed by atoms with Crippen LogP contribution >= 0.6 is 0 Å². The summed E-state index contributed by atoms with van der Waals surface area (Å²) in [7, 11) is 0. The van der Waals surface area contributed by atoms with Crippen molar-refractivity contribution in [3.05, 3.63) is 29.1 Å². The van der Waals surface area contributed by atoms with E-state index in [1.807, 2.05) is 13.0 Å². The number of fused-ring (bicyclic) bond motifs is 1. The topological polar surface area (TPSA) is 53.3 Å². The summed E-state index contributed by atoms with van der Waals surface area (Å²) < 4.78 is 19.4. The Bertz CT molecular complexity index is 537. The maximum atomic E-state index is 13.9. The second kappa shape index (κ2) is 4.65. The van der Waals surface area contributed by atoms with Gasteiger partial charge in [0.05, 0.1) is 24.2 Å². The number of halogens is 1. The van der Waals surface area contributed by atoms with Crippen molar-refractivity contribution < 1.29 is 13.9 Å². The normalized spacial score (nSPS) is 18.3. The first-order valence-corrected chi connectivity index (χ1v) is 5.65. The van der Waals surface area contributed by atoms with E-state index in [1.165, 1.54) is 13.0 Å². The molecule has 0 saturated heterocycles. The molecule has 1 unspecified atom stereocenters. The van der Waals surface area contributed by atoms with E-state index in [0.717, 1.165) is 6.07 Å². The molecule has 1 atom stereocenters. The number of carbonyl (C=O) groups excluding carboxylic acids is 1. The Kier molecular flexibility index (Phi) is 3.19. The highest BCUT2D eigenvalue weighted by Gasteiger charge is 2.25. The van der Waals surface area contributed by atoms with Gasteiger partial charge in [0, 0.05) is 12.5 Å². The Balaban J connectivity index is 2.46. The minimum Gasteiger partial charge on any atom is -0.491 e. The first-order chi connectivity index (χ1) is 8.52. The molecular formula is C13H13FN2O2. The van der Waals surface area contributed by atoms with Crippen molar-refractivity contribution >= 4 is 5.91 Å². The Morgan fingerprint density at radius 3 is 2.94 bits per heavy atom. The van der Waals surface area contributed by atoms with Crippen LogP contribution in [0, 0.1) is 17.1 Å². The number of benzene rings is 1. The van der Waals surface area contributed by atoms with Gasteiger partial charge in [-0.25, -0.2) is 4.39 Å². The minimum absolute atomic E-state index is 0.122. The van der Waals surface area contributed by atoms with Gasteiger partial charge in [-0.05, 0) is 19.1 Å². The van der Waals surface area contributed by atoms with Crippen molar-refractivity contribution in [2.45, 2.75) is 26.4 Å². The molecule has 1 aliphatic heterocycles. The van der Waals surface area contributed by atoms with Gasteiger partial charge in [0.1, 0.15) is 18.2 Å². The molecule has 2 rings (SSSR count). The molecule has 1 aromatic rings. The lowest BCUT2D eigenvalue weighted by Crippen LogP contribution is -2.38. The van der Waals surface area contributed by atoms with Crippen LogP contribution < -0.4 is 4.74 Å². The van der Waals surface area contributed by atoms with Crippen LogP contribution in [0.1, 0.15) is 25.0 Å². The molecule has 0 aliphatic carbocycles. The number of carbonyl (C=O) groups is 1. The van der Waals surface area contributed by atoms with Crippen molar-refractivity contribution in [3.63, 3.8) is 0 Å². The third-order valence-electron chi connectivity index (χ3n) is 3.03. The van der Waals surface area contributed by atoms with Gasteiger partial charge in [0.15, 0.2) is 0 Å². The van der Waals surface area contributed by atoms with E-state index in [-0.39, 0.29) is 24.1 Å². The van der Waals surface area contributed by atoms with Crippen LogP contribution in [0.25, 0.3) is 0 Å². The summed E-state index contributed by atoms with van der Waals surface area (Å²) >= 11 is 0. The molecule has 0 aromatic heterocycles. The summed E-state index contributed by atoms with van der Waals surface area (Å²) in [6.07, 6.45) is 0. The molecular weight excluding hydrogens is 235 g/mol. The zero-order valence-corrected chi connectivity index (χ0v) is 10.2. The molecule has 1 amide bonds. The molecule has 0 bridgehead atoms. The number of nitrogens with zero attached hydrogens (tertiary/aromatic N) is 2. The molecule has 18 heavy (non-hydrogen) atoms. The number of nitriles is 1. The summed E-state index contributed by atoms with van der Waals surface area (Å²) in [4.78, 5) is 13.1. The SMILES string of the molecule is CC(=O)N1Cc2c(F)cc(C#N)cc2OCC1C. The molecule has 1 aliphatic rings. The molecule has 94 valence electrons. The highest BCUT2D eigenvalue weighted by Crippen LogP contribution is 2.28. The number of rotatable bonds is 0. The molecule has 1 aromatic carbocycles. The predicted molar refractivity (Wildman–Crippen MR) is 62.3 cm³/mol. The van der Waals surface area contributed by atoms with Gasteiger partial charge in [-0.15, -0.1) is 0 Å². The van der Waals surface area contributed by atoms with E-state index in [1.54, 1.807) is 4.90 Å². The standard InChI is InChI=1S/C13H13FN2O2/c1-8-7-18-13-4-10(5-15)3-12(14)11(13)6-16(8)9(2)17/h3-4,8H,6-7H2,1-2H3. The number of hydrogen-bond donors (Lipinski definition) is 0. The average molecular weight is 248 g/mol. The zero-order valence-electron chi connectivity index (χ0n) is 10.2. The number of ether oxygens (including phenoxy) is 1. The van der Waals surface area contributed by atoms with Gasteiger partial charge in [-0.3, -0.25) is 4.79 Å². The molecule has 0 spiro atoms. The van der Waals surface area contributed by atoms with E-state index in [9.17, 15) is 9.18 Å². The van der Waals surface area contributed by atoms with Gasteiger partial charge >= 0.3 is 0 Å². The molecule has 0 N–H and O–H groups in total. The Morgan fingerprint density at radius 2 is 2.33 bits per heavy atom. The van der Waals surface area contributed by atoms with Crippen LogP contribution in [0.15, 0.2) is 12.1 Å². The van der Waals surface area contributed by atoms with E-state index < -0.39 is 5.82 Å². The van der Waals surface area contributed by atoms with E-state index in [0.29, 0.717) is 17.9 Å². The quantitative estimate of drug-likeness (QED) is 0.703. The van der Waals surface area contributed by atoms with Crippen molar-refractivity contribution in [1.82, 2.24) is 4.90 Å². The van der Waals surface area contributed by atoms with Crippen LogP contribution in [0.4, 0.5) is 4.39 Å². The van der Waals surface area contributed by atoms with Gasteiger partial charge in [0.25, 0.3) is 0 Å². The third kappa shape index (κ3) is 2.14.